The molecule has 0 aliphatic carbocycles. The normalized spacial score (nSPS) is 15.4. The number of para-hydroxylation sites is 1. The Labute approximate surface area is 160 Å². The van der Waals surface area contributed by atoms with Gasteiger partial charge in [-0.3, -0.25) is 4.79 Å². The number of imidazole rings is 1. The number of rotatable bonds is 4. The monoisotopic (exact) mass is 362 g/mol. The third-order valence-corrected chi connectivity index (χ3v) is 5.73. The number of aromatic nitrogens is 3. The first-order valence-electron chi connectivity index (χ1n) is 9.75. The van der Waals surface area contributed by atoms with Crippen molar-refractivity contribution in [2.75, 3.05) is 13.1 Å². The number of amides is 1. The maximum Gasteiger partial charge on any atom is 0.272 e. The number of hydrogen-bond acceptors (Lipinski definition) is 3. The first-order chi connectivity index (χ1) is 13.1. The van der Waals surface area contributed by atoms with Crippen LogP contribution in [0.5, 0.6) is 0 Å². The molecule has 5 heteroatoms. The summed E-state index contributed by atoms with van der Waals surface area (Å²) in [6.07, 6.45) is 5.21. The summed E-state index contributed by atoms with van der Waals surface area (Å²) in [6.45, 7) is 6.82. The van der Waals surface area contributed by atoms with Crippen molar-refractivity contribution in [3.63, 3.8) is 0 Å². The van der Waals surface area contributed by atoms with Gasteiger partial charge >= 0.3 is 0 Å². The van der Waals surface area contributed by atoms with Crippen molar-refractivity contribution in [1.29, 1.82) is 0 Å². The fraction of sp³-hybridized carbons (Fsp3) is 0.409. The van der Waals surface area contributed by atoms with Crippen LogP contribution in [0.25, 0.3) is 10.9 Å². The molecular weight excluding hydrogens is 336 g/mol. The molecule has 3 aromatic rings. The van der Waals surface area contributed by atoms with E-state index in [0.717, 1.165) is 55.6 Å². The summed E-state index contributed by atoms with van der Waals surface area (Å²) < 4.78 is 2.29. The Bertz CT molecular complexity index is 934. The number of piperidine rings is 1. The topological polar surface area (TPSA) is 51.0 Å². The molecule has 0 saturated carbocycles. The van der Waals surface area contributed by atoms with Crippen LogP contribution in [0.3, 0.4) is 0 Å². The molecule has 140 valence electrons. The van der Waals surface area contributed by atoms with Gasteiger partial charge in [-0.2, -0.15) is 0 Å². The number of benzene rings is 1. The number of aryl methyl sites for hydroxylation is 2. The Morgan fingerprint density at radius 3 is 2.63 bits per heavy atom. The summed E-state index contributed by atoms with van der Waals surface area (Å²) in [6, 6.07) is 11.8. The van der Waals surface area contributed by atoms with Gasteiger partial charge in [0.25, 0.3) is 5.91 Å². The van der Waals surface area contributed by atoms with Gasteiger partial charge in [0.1, 0.15) is 11.5 Å². The van der Waals surface area contributed by atoms with Crippen molar-refractivity contribution < 1.29 is 4.79 Å². The molecule has 3 heterocycles. The number of fused-ring (bicyclic) bond motifs is 1. The zero-order valence-corrected chi connectivity index (χ0v) is 16.1. The third-order valence-electron chi connectivity index (χ3n) is 5.73. The van der Waals surface area contributed by atoms with Crippen LogP contribution in [0.2, 0.25) is 0 Å². The lowest BCUT2D eigenvalue weighted by atomic mass is 9.93. The van der Waals surface area contributed by atoms with Gasteiger partial charge in [0.2, 0.25) is 0 Å². The molecule has 0 spiro atoms. The van der Waals surface area contributed by atoms with Crippen molar-refractivity contribution >= 4 is 16.8 Å². The van der Waals surface area contributed by atoms with E-state index < -0.39 is 0 Å². The first kappa shape index (κ1) is 17.7. The van der Waals surface area contributed by atoms with Gasteiger partial charge in [-0.15, -0.1) is 0 Å². The molecule has 1 amide bonds. The van der Waals surface area contributed by atoms with E-state index in [9.17, 15) is 4.79 Å². The van der Waals surface area contributed by atoms with Gasteiger partial charge in [-0.05, 0) is 51.2 Å². The average molecular weight is 362 g/mol. The first-order valence-corrected chi connectivity index (χ1v) is 9.75. The fourth-order valence-corrected chi connectivity index (χ4v) is 4.00. The molecule has 1 aliphatic rings. The minimum atomic E-state index is 0.0560. The average Bonchev–Trinajstić information content (AvgIpc) is 3.03. The molecule has 4 rings (SSSR count). The van der Waals surface area contributed by atoms with E-state index >= 15 is 0 Å². The summed E-state index contributed by atoms with van der Waals surface area (Å²) >= 11 is 0. The van der Waals surface area contributed by atoms with E-state index in [1.165, 1.54) is 5.69 Å². The minimum Gasteiger partial charge on any atom is -0.337 e. The van der Waals surface area contributed by atoms with E-state index in [1.54, 1.807) is 0 Å². The molecule has 5 nitrogen and oxygen atoms in total. The Morgan fingerprint density at radius 1 is 1.11 bits per heavy atom. The van der Waals surface area contributed by atoms with Crippen molar-refractivity contribution in [2.24, 2.45) is 5.92 Å². The second-order valence-corrected chi connectivity index (χ2v) is 7.51. The summed E-state index contributed by atoms with van der Waals surface area (Å²) in [5.41, 5.74) is 2.66. The lowest BCUT2D eigenvalue weighted by Crippen LogP contribution is -2.39. The van der Waals surface area contributed by atoms with Crippen LogP contribution in [0.4, 0.5) is 0 Å². The van der Waals surface area contributed by atoms with Gasteiger partial charge in [-0.25, -0.2) is 9.97 Å². The number of nitrogens with zero attached hydrogens (tertiary/aromatic N) is 4. The maximum absolute atomic E-state index is 12.8. The molecule has 0 unspecified atom stereocenters. The van der Waals surface area contributed by atoms with Gasteiger partial charge in [0.05, 0.1) is 5.52 Å². The fourth-order valence-electron chi connectivity index (χ4n) is 4.00. The van der Waals surface area contributed by atoms with Crippen molar-refractivity contribution in [2.45, 2.75) is 39.7 Å². The molecule has 2 aromatic heterocycles. The van der Waals surface area contributed by atoms with Crippen molar-refractivity contribution in [3.8, 4) is 0 Å². The zero-order valence-electron chi connectivity index (χ0n) is 16.1. The maximum atomic E-state index is 12.8. The highest BCUT2D eigenvalue weighted by Crippen LogP contribution is 2.23. The van der Waals surface area contributed by atoms with Crippen molar-refractivity contribution in [3.05, 3.63) is 59.8 Å². The smallest absolute Gasteiger partial charge is 0.272 e. The highest BCUT2D eigenvalue weighted by Gasteiger charge is 2.24. The molecule has 0 atom stereocenters. The van der Waals surface area contributed by atoms with E-state index in [0.29, 0.717) is 11.6 Å². The number of carbonyl (C=O) groups excluding carboxylic acids is 1. The quantitative estimate of drug-likeness (QED) is 0.705. The molecular formula is C22H26N4O. The van der Waals surface area contributed by atoms with Crippen LogP contribution in [0.1, 0.15) is 41.3 Å². The molecule has 1 fully saturated rings. The van der Waals surface area contributed by atoms with Crippen LogP contribution in [-0.4, -0.2) is 38.4 Å². The predicted molar refractivity (Wildman–Crippen MR) is 107 cm³/mol. The molecule has 1 saturated heterocycles. The highest BCUT2D eigenvalue weighted by atomic mass is 16.2. The van der Waals surface area contributed by atoms with Crippen LogP contribution >= 0.6 is 0 Å². The van der Waals surface area contributed by atoms with Gasteiger partial charge in [-0.1, -0.05) is 24.3 Å². The van der Waals surface area contributed by atoms with E-state index in [4.69, 9.17) is 0 Å². The summed E-state index contributed by atoms with van der Waals surface area (Å²) in [5, 5.41) is 1.07. The Balaban J connectivity index is 1.34. The largest absolute Gasteiger partial charge is 0.337 e. The lowest BCUT2D eigenvalue weighted by molar-refractivity contribution is 0.0679. The number of hydrogen-bond donors (Lipinski definition) is 0. The van der Waals surface area contributed by atoms with Crippen molar-refractivity contribution in [1.82, 2.24) is 19.4 Å². The van der Waals surface area contributed by atoms with Crippen LogP contribution in [-0.2, 0) is 6.54 Å². The molecule has 1 aromatic carbocycles. The molecule has 0 bridgehead atoms. The van der Waals surface area contributed by atoms with E-state index in [-0.39, 0.29) is 5.91 Å². The molecule has 0 N–H and O–H groups in total. The lowest BCUT2D eigenvalue weighted by Gasteiger charge is -2.32. The SMILES string of the molecule is Cc1cnc(C)n1CCC1CCN(C(=O)c2ccc3ccccc3n2)CC1. The number of pyridine rings is 1. The molecule has 27 heavy (non-hydrogen) atoms. The number of likely N-dealkylation sites (tertiary alicyclic amines) is 1. The Morgan fingerprint density at radius 2 is 1.89 bits per heavy atom. The zero-order chi connectivity index (χ0) is 18.8. The molecule has 0 radical (unpaired) electrons. The summed E-state index contributed by atoms with van der Waals surface area (Å²) in [4.78, 5) is 23.7. The second-order valence-electron chi connectivity index (χ2n) is 7.51. The Kier molecular flexibility index (Phi) is 4.92. The van der Waals surface area contributed by atoms with Crippen LogP contribution < -0.4 is 0 Å². The van der Waals surface area contributed by atoms with Crippen LogP contribution in [0.15, 0.2) is 42.6 Å². The summed E-state index contributed by atoms with van der Waals surface area (Å²) in [7, 11) is 0. The third kappa shape index (κ3) is 3.72. The van der Waals surface area contributed by atoms with E-state index in [1.807, 2.05) is 47.5 Å². The van der Waals surface area contributed by atoms with Gasteiger partial charge in [0, 0.05) is 36.9 Å². The predicted octanol–water partition coefficient (Wildman–Crippen LogP) is 3.99. The summed E-state index contributed by atoms with van der Waals surface area (Å²) in [5.74, 6) is 1.81. The Hall–Kier alpha value is -2.69. The molecule has 1 aliphatic heterocycles. The van der Waals surface area contributed by atoms with Gasteiger partial charge in [0.15, 0.2) is 0 Å². The van der Waals surface area contributed by atoms with Crippen LogP contribution in [0, 0.1) is 19.8 Å². The highest BCUT2D eigenvalue weighted by molar-refractivity contribution is 5.94. The second kappa shape index (κ2) is 7.51. The number of carbonyl (C=O) groups is 1. The standard InChI is InChI=1S/C22H26N4O/c1-16-15-23-17(2)26(16)14-11-18-9-12-25(13-10-18)22(27)21-8-7-19-5-3-4-6-20(19)24-21/h3-8,15,18H,9-14H2,1-2H3. The minimum absolute atomic E-state index is 0.0560. The van der Waals surface area contributed by atoms with Gasteiger partial charge < -0.3 is 9.47 Å². The van der Waals surface area contributed by atoms with E-state index in [2.05, 4.69) is 28.4 Å².